The molecule has 0 saturated heterocycles. The third-order valence-electron chi connectivity index (χ3n) is 11.7. The van der Waals surface area contributed by atoms with Crippen molar-refractivity contribution < 1.29 is 48.6 Å². The van der Waals surface area contributed by atoms with E-state index in [1.165, 1.54) is 7.11 Å². The first-order chi connectivity index (χ1) is 28.9. The molecule has 1 saturated carbocycles. The van der Waals surface area contributed by atoms with Crippen molar-refractivity contribution in [2.75, 3.05) is 59.9 Å². The zero-order chi connectivity index (χ0) is 41.6. The van der Waals surface area contributed by atoms with Crippen LogP contribution in [0.1, 0.15) is 62.8 Å². The molecule has 1 fully saturated rings. The molecule has 1 heterocycles. The summed E-state index contributed by atoms with van der Waals surface area (Å²) in [6.45, 7) is 8.41. The van der Waals surface area contributed by atoms with E-state index in [1.54, 1.807) is 17.1 Å². The first kappa shape index (κ1) is 43.8. The van der Waals surface area contributed by atoms with Crippen LogP contribution in [0.2, 0.25) is 0 Å². The van der Waals surface area contributed by atoms with E-state index in [-0.39, 0.29) is 77.0 Å². The van der Waals surface area contributed by atoms with Crippen molar-refractivity contribution in [3.63, 3.8) is 0 Å². The van der Waals surface area contributed by atoms with Gasteiger partial charge in [0.25, 0.3) is 0 Å². The number of benzene rings is 3. The summed E-state index contributed by atoms with van der Waals surface area (Å²) in [5.74, 6) is -0.0868. The maximum absolute atomic E-state index is 14.3. The zero-order valence-electron chi connectivity index (χ0n) is 34.2. The number of carbonyl (C=O) groups excluding carboxylic acids is 1. The van der Waals surface area contributed by atoms with E-state index >= 15 is 0 Å². The van der Waals surface area contributed by atoms with Crippen LogP contribution >= 0.6 is 0 Å². The maximum Gasteiger partial charge on any atom is 0.410 e. The van der Waals surface area contributed by atoms with Gasteiger partial charge >= 0.3 is 6.09 Å². The lowest BCUT2D eigenvalue weighted by Gasteiger charge is -2.59. The Morgan fingerprint density at radius 2 is 1.68 bits per heavy atom. The molecule has 6 rings (SSSR count). The van der Waals surface area contributed by atoms with Crippen molar-refractivity contribution in [2.24, 2.45) is 22.9 Å². The summed E-state index contributed by atoms with van der Waals surface area (Å²) in [5, 5.41) is 36.1. The van der Waals surface area contributed by atoms with Gasteiger partial charge in [-0.25, -0.2) is 4.79 Å². The van der Waals surface area contributed by atoms with Crippen LogP contribution < -0.4 is 9.47 Å². The number of hydrogen-bond acceptors (Lipinski definition) is 11. The molecule has 3 aromatic rings. The molecule has 3 N–H and O–H groups in total. The van der Waals surface area contributed by atoms with Crippen LogP contribution in [0.15, 0.2) is 103 Å². The van der Waals surface area contributed by atoms with Gasteiger partial charge in [-0.15, -0.1) is 13.2 Å². The van der Waals surface area contributed by atoms with E-state index in [1.807, 2.05) is 42.5 Å². The molecule has 0 spiro atoms. The summed E-state index contributed by atoms with van der Waals surface area (Å²) in [7, 11) is 1.52. The molecule has 0 aromatic heterocycles. The highest BCUT2D eigenvalue weighted by Gasteiger charge is 2.65. The molecule has 3 aliphatic rings. The SMILES string of the molecule is C=CCCOC(=O)N(CCOCCO)[C@H]1CC(=NOC)C2=C[C@H](CCCCO)[C@@H](CCCCO)[C@@H]3c4cc(Oc5ccc6ccccc6c5)ccc4O[C@@]1(OCC=C)[C@H]23. The van der Waals surface area contributed by atoms with Crippen LogP contribution in [0.4, 0.5) is 4.79 Å². The van der Waals surface area contributed by atoms with Crippen LogP contribution in [0.5, 0.6) is 17.2 Å². The summed E-state index contributed by atoms with van der Waals surface area (Å²) in [4.78, 5) is 21.4. The number of rotatable bonds is 23. The van der Waals surface area contributed by atoms with Gasteiger partial charge in [0.2, 0.25) is 5.79 Å². The number of amides is 1. The Hall–Kier alpha value is -4.72. The second kappa shape index (κ2) is 21.5. The van der Waals surface area contributed by atoms with Crippen molar-refractivity contribution in [3.05, 3.63) is 103 Å². The van der Waals surface area contributed by atoms with Gasteiger partial charge in [-0.2, -0.15) is 0 Å². The van der Waals surface area contributed by atoms with Crippen molar-refractivity contribution in [1.29, 1.82) is 0 Å². The van der Waals surface area contributed by atoms with Gasteiger partial charge in [-0.05, 0) is 90.6 Å². The lowest BCUT2D eigenvalue weighted by Crippen LogP contribution is -2.70. The normalized spacial score (nSPS) is 23.7. The number of allylic oxidation sites excluding steroid dienone is 1. The Morgan fingerprint density at radius 1 is 0.915 bits per heavy atom. The Bertz CT molecular complexity index is 1930. The number of ether oxygens (including phenoxy) is 5. The lowest BCUT2D eigenvalue weighted by molar-refractivity contribution is -0.256. The molecule has 59 heavy (non-hydrogen) atoms. The molecule has 12 heteroatoms. The number of oxime groups is 1. The molecular formula is C47H60N2O10. The predicted molar refractivity (Wildman–Crippen MR) is 227 cm³/mol. The summed E-state index contributed by atoms with van der Waals surface area (Å²) in [6, 6.07) is 19.3. The number of unbranched alkanes of at least 4 members (excludes halogenated alkanes) is 2. The zero-order valence-corrected chi connectivity index (χ0v) is 34.2. The van der Waals surface area contributed by atoms with E-state index in [9.17, 15) is 20.1 Å². The number of nitrogens with zero attached hydrogens (tertiary/aromatic N) is 2. The summed E-state index contributed by atoms with van der Waals surface area (Å²) in [6.07, 6.45) is 10.3. The Morgan fingerprint density at radius 3 is 2.42 bits per heavy atom. The minimum Gasteiger partial charge on any atom is -0.459 e. The third kappa shape index (κ3) is 10.0. The van der Waals surface area contributed by atoms with Crippen LogP contribution in [0.3, 0.4) is 0 Å². The topological polar surface area (TPSA) is 149 Å². The first-order valence-corrected chi connectivity index (χ1v) is 20.9. The van der Waals surface area contributed by atoms with Crippen molar-refractivity contribution in [2.45, 2.75) is 69.1 Å². The van der Waals surface area contributed by atoms with Crippen LogP contribution in [0.25, 0.3) is 10.8 Å². The minimum atomic E-state index is -1.45. The van der Waals surface area contributed by atoms with Gasteiger partial charge in [0.05, 0.1) is 44.7 Å². The number of fused-ring (bicyclic) bond motifs is 3. The molecule has 12 nitrogen and oxygen atoms in total. The van der Waals surface area contributed by atoms with E-state index in [0.717, 1.165) is 47.6 Å². The van der Waals surface area contributed by atoms with E-state index in [2.05, 4.69) is 42.6 Å². The van der Waals surface area contributed by atoms with E-state index in [4.69, 9.17) is 28.5 Å². The van der Waals surface area contributed by atoms with Crippen molar-refractivity contribution >= 4 is 22.6 Å². The van der Waals surface area contributed by atoms with E-state index < -0.39 is 23.8 Å². The van der Waals surface area contributed by atoms with Gasteiger partial charge in [0.1, 0.15) is 30.4 Å². The van der Waals surface area contributed by atoms with Crippen LogP contribution in [0, 0.1) is 17.8 Å². The fourth-order valence-corrected chi connectivity index (χ4v) is 9.21. The molecule has 3 aromatic carbocycles. The monoisotopic (exact) mass is 812 g/mol. The predicted octanol–water partition coefficient (Wildman–Crippen LogP) is 7.92. The second-order valence-electron chi connectivity index (χ2n) is 15.3. The molecule has 0 unspecified atom stereocenters. The number of carbonyl (C=O) groups is 1. The highest BCUT2D eigenvalue weighted by atomic mass is 16.7. The van der Waals surface area contributed by atoms with Gasteiger partial charge in [-0.3, -0.25) is 4.90 Å². The minimum absolute atomic E-state index is 0.0442. The quantitative estimate of drug-likeness (QED) is 0.0490. The molecular weight excluding hydrogens is 753 g/mol. The number of aliphatic hydroxyl groups is 3. The van der Waals surface area contributed by atoms with Crippen LogP contribution in [-0.4, -0.2) is 104 Å². The highest BCUT2D eigenvalue weighted by Crippen LogP contribution is 2.62. The summed E-state index contributed by atoms with van der Waals surface area (Å²) < 4.78 is 32.4. The fourth-order valence-electron chi connectivity index (χ4n) is 9.21. The number of aliphatic hydroxyl groups excluding tert-OH is 3. The molecule has 318 valence electrons. The lowest BCUT2D eigenvalue weighted by atomic mass is 9.55. The van der Waals surface area contributed by atoms with Gasteiger partial charge in [0.15, 0.2) is 0 Å². The molecule has 1 amide bonds. The third-order valence-corrected chi connectivity index (χ3v) is 11.7. The Balaban J connectivity index is 1.54. The fraction of sp³-hybridized carbons (Fsp3) is 0.489. The molecule has 1 aliphatic heterocycles. The summed E-state index contributed by atoms with van der Waals surface area (Å²) in [5.41, 5.74) is 2.54. The average Bonchev–Trinajstić information content (AvgIpc) is 3.25. The van der Waals surface area contributed by atoms with Gasteiger partial charge in [0, 0.05) is 37.7 Å². The van der Waals surface area contributed by atoms with Crippen molar-refractivity contribution in [3.8, 4) is 17.2 Å². The first-order valence-electron chi connectivity index (χ1n) is 20.9. The number of hydrogen-bond donors (Lipinski definition) is 3. The molecule has 6 atom stereocenters. The second-order valence-corrected chi connectivity index (χ2v) is 15.3. The van der Waals surface area contributed by atoms with Crippen LogP contribution in [-0.2, 0) is 19.0 Å². The molecule has 0 bridgehead atoms. The van der Waals surface area contributed by atoms with E-state index in [0.29, 0.717) is 42.2 Å². The Labute approximate surface area is 347 Å². The highest BCUT2D eigenvalue weighted by molar-refractivity contribution is 6.03. The van der Waals surface area contributed by atoms with Gasteiger partial charge in [-0.1, -0.05) is 66.6 Å². The molecule has 2 aliphatic carbocycles. The largest absolute Gasteiger partial charge is 0.459 e. The smallest absolute Gasteiger partial charge is 0.410 e. The molecule has 0 radical (unpaired) electrons. The summed E-state index contributed by atoms with van der Waals surface area (Å²) >= 11 is 0. The standard InChI is InChI=1S/C47H60N2O10/c1-4-6-26-56-46(53)49(21-27-55-28-24-52)43-32-41(48-54-3)39-30-35(15-9-11-22-50)38(16-10-12-23-51)44-40-31-37(58-36-18-17-33-13-7-8-14-34(33)29-36)19-20-42(40)59-47(43,45(39)44)57-25-5-2/h4-5,7-8,13-14,17-20,29-31,35,38,43-45,50-52H,1-2,6,9-12,15-16,21-28,32H2,3H3/t35-,38+,43-,44+,45+,47+/m0/s1. The maximum atomic E-state index is 14.3. The van der Waals surface area contributed by atoms with Crippen molar-refractivity contribution in [1.82, 2.24) is 4.90 Å². The Kier molecular flexibility index (Phi) is 16.0. The van der Waals surface area contributed by atoms with Gasteiger partial charge < -0.3 is 43.8 Å². The average molecular weight is 813 g/mol.